The van der Waals surface area contributed by atoms with Crippen LogP contribution in [0.4, 0.5) is 0 Å². The lowest BCUT2D eigenvalue weighted by Crippen LogP contribution is -2.03. The normalized spacial score (nSPS) is 10.5. The van der Waals surface area contributed by atoms with Crippen molar-refractivity contribution in [2.24, 2.45) is 5.73 Å². The summed E-state index contributed by atoms with van der Waals surface area (Å²) in [5, 5.41) is 3.78. The number of aromatic nitrogens is 4. The zero-order chi connectivity index (χ0) is 10.7. The van der Waals surface area contributed by atoms with Crippen LogP contribution >= 0.6 is 0 Å². The predicted octanol–water partition coefficient (Wildman–Crippen LogP) is 0.336. The van der Waals surface area contributed by atoms with Crippen LogP contribution in [0.25, 0.3) is 11.5 Å². The molecule has 2 rings (SSSR count). The Morgan fingerprint density at radius 2 is 2.07 bits per heavy atom. The van der Waals surface area contributed by atoms with E-state index in [0.29, 0.717) is 30.5 Å². The fraction of sp³-hybridized carbons (Fsp3) is 0.333. The van der Waals surface area contributed by atoms with Crippen molar-refractivity contribution in [3.8, 4) is 11.5 Å². The molecular weight excluding hydrogens is 194 g/mol. The monoisotopic (exact) mass is 205 g/mol. The Bertz CT molecular complexity index is 436. The summed E-state index contributed by atoms with van der Waals surface area (Å²) >= 11 is 0. The summed E-state index contributed by atoms with van der Waals surface area (Å²) in [6.07, 6.45) is 3.92. The second-order valence-electron chi connectivity index (χ2n) is 3.07. The lowest BCUT2D eigenvalue weighted by Gasteiger charge is -1.92. The second kappa shape index (κ2) is 4.14. The first-order valence-electron chi connectivity index (χ1n) is 4.61. The molecule has 0 aliphatic heterocycles. The van der Waals surface area contributed by atoms with Gasteiger partial charge in [-0.25, -0.2) is 9.97 Å². The summed E-state index contributed by atoms with van der Waals surface area (Å²) in [5.74, 6) is 1.74. The van der Waals surface area contributed by atoms with Gasteiger partial charge in [-0.15, -0.1) is 0 Å². The van der Waals surface area contributed by atoms with Crippen LogP contribution in [0.5, 0.6) is 0 Å². The molecule has 0 aliphatic carbocycles. The molecule has 2 aromatic heterocycles. The van der Waals surface area contributed by atoms with Gasteiger partial charge in [-0.3, -0.25) is 0 Å². The first-order valence-corrected chi connectivity index (χ1v) is 4.61. The number of nitrogens with two attached hydrogens (primary N) is 1. The van der Waals surface area contributed by atoms with Crippen molar-refractivity contribution in [1.29, 1.82) is 0 Å². The lowest BCUT2D eigenvalue weighted by molar-refractivity contribution is 0.422. The second-order valence-corrected chi connectivity index (χ2v) is 3.07. The third-order valence-corrected chi connectivity index (χ3v) is 1.86. The minimum Gasteiger partial charge on any atom is -0.334 e. The summed E-state index contributed by atoms with van der Waals surface area (Å²) in [6, 6.07) is 0. The highest BCUT2D eigenvalue weighted by atomic mass is 16.5. The van der Waals surface area contributed by atoms with Gasteiger partial charge in [0, 0.05) is 18.8 Å². The van der Waals surface area contributed by atoms with Gasteiger partial charge in [0.2, 0.25) is 0 Å². The van der Waals surface area contributed by atoms with E-state index in [1.54, 1.807) is 12.4 Å². The average molecular weight is 205 g/mol. The van der Waals surface area contributed by atoms with E-state index in [4.69, 9.17) is 10.3 Å². The maximum Gasteiger partial charge on any atom is 0.261 e. The minimum absolute atomic E-state index is 0.429. The van der Waals surface area contributed by atoms with Crippen LogP contribution in [0.15, 0.2) is 16.9 Å². The Kier molecular flexibility index (Phi) is 2.68. The van der Waals surface area contributed by atoms with Crippen molar-refractivity contribution in [3.63, 3.8) is 0 Å². The lowest BCUT2D eigenvalue weighted by atomic mass is 10.3. The molecule has 6 heteroatoms. The van der Waals surface area contributed by atoms with Crippen molar-refractivity contribution >= 4 is 0 Å². The summed E-state index contributed by atoms with van der Waals surface area (Å²) in [6.45, 7) is 2.32. The van der Waals surface area contributed by atoms with Crippen LogP contribution in [0, 0.1) is 6.92 Å². The molecular formula is C9H11N5O. The van der Waals surface area contributed by atoms with Gasteiger partial charge < -0.3 is 10.3 Å². The molecule has 0 bridgehead atoms. The number of hydrogen-bond donors (Lipinski definition) is 1. The highest BCUT2D eigenvalue weighted by Crippen LogP contribution is 2.14. The van der Waals surface area contributed by atoms with Crippen molar-refractivity contribution in [2.45, 2.75) is 13.3 Å². The van der Waals surface area contributed by atoms with Crippen molar-refractivity contribution in [2.75, 3.05) is 6.54 Å². The molecule has 0 spiro atoms. The molecule has 0 saturated carbocycles. The molecule has 0 radical (unpaired) electrons. The molecule has 0 atom stereocenters. The van der Waals surface area contributed by atoms with Gasteiger partial charge in [-0.1, -0.05) is 5.16 Å². The fourth-order valence-electron chi connectivity index (χ4n) is 1.10. The van der Waals surface area contributed by atoms with Gasteiger partial charge in [0.15, 0.2) is 5.82 Å². The fourth-order valence-corrected chi connectivity index (χ4v) is 1.10. The summed E-state index contributed by atoms with van der Waals surface area (Å²) < 4.78 is 5.05. The molecule has 0 aromatic carbocycles. The SMILES string of the molecule is Cc1ncc(-c2nc(CCN)no2)cn1. The molecule has 6 nitrogen and oxygen atoms in total. The summed E-state index contributed by atoms with van der Waals surface area (Å²) in [7, 11) is 0. The van der Waals surface area contributed by atoms with Gasteiger partial charge in [0.05, 0.1) is 5.56 Å². The molecule has 2 heterocycles. The van der Waals surface area contributed by atoms with E-state index in [2.05, 4.69) is 20.1 Å². The molecule has 2 N–H and O–H groups in total. The molecule has 78 valence electrons. The van der Waals surface area contributed by atoms with Crippen LogP contribution in [-0.4, -0.2) is 26.7 Å². The van der Waals surface area contributed by atoms with Gasteiger partial charge in [-0.2, -0.15) is 4.98 Å². The van der Waals surface area contributed by atoms with E-state index in [9.17, 15) is 0 Å². The number of hydrogen-bond acceptors (Lipinski definition) is 6. The Morgan fingerprint density at radius 3 is 2.73 bits per heavy atom. The largest absolute Gasteiger partial charge is 0.334 e. The van der Waals surface area contributed by atoms with Crippen LogP contribution < -0.4 is 5.73 Å². The smallest absolute Gasteiger partial charge is 0.261 e. The number of aryl methyl sites for hydroxylation is 1. The maximum absolute atomic E-state index is 5.38. The molecule has 0 fully saturated rings. The molecule has 0 saturated heterocycles. The van der Waals surface area contributed by atoms with Crippen LogP contribution in [0.1, 0.15) is 11.6 Å². The average Bonchev–Trinajstić information content (AvgIpc) is 2.68. The quantitative estimate of drug-likeness (QED) is 0.776. The number of nitrogens with zero attached hydrogens (tertiary/aromatic N) is 4. The van der Waals surface area contributed by atoms with Crippen molar-refractivity contribution < 1.29 is 4.52 Å². The van der Waals surface area contributed by atoms with E-state index >= 15 is 0 Å². The first-order chi connectivity index (χ1) is 7.29. The van der Waals surface area contributed by atoms with Crippen LogP contribution in [0.3, 0.4) is 0 Å². The summed E-state index contributed by atoms with van der Waals surface area (Å²) in [5.41, 5.74) is 6.10. The minimum atomic E-state index is 0.429. The zero-order valence-corrected chi connectivity index (χ0v) is 8.34. The zero-order valence-electron chi connectivity index (χ0n) is 8.34. The van der Waals surface area contributed by atoms with Gasteiger partial charge >= 0.3 is 0 Å². The Balaban J connectivity index is 2.25. The third-order valence-electron chi connectivity index (χ3n) is 1.86. The first kappa shape index (κ1) is 9.72. The number of rotatable bonds is 3. The van der Waals surface area contributed by atoms with Crippen molar-refractivity contribution in [3.05, 3.63) is 24.0 Å². The maximum atomic E-state index is 5.38. The van der Waals surface area contributed by atoms with E-state index in [0.717, 1.165) is 5.56 Å². The van der Waals surface area contributed by atoms with E-state index in [1.807, 2.05) is 6.92 Å². The van der Waals surface area contributed by atoms with Crippen molar-refractivity contribution in [1.82, 2.24) is 20.1 Å². The molecule has 0 amide bonds. The van der Waals surface area contributed by atoms with E-state index in [1.165, 1.54) is 0 Å². The molecule has 0 unspecified atom stereocenters. The highest BCUT2D eigenvalue weighted by Gasteiger charge is 2.08. The van der Waals surface area contributed by atoms with Crippen LogP contribution in [0.2, 0.25) is 0 Å². The Hall–Kier alpha value is -1.82. The Labute approximate surface area is 86.5 Å². The highest BCUT2D eigenvalue weighted by molar-refractivity contribution is 5.48. The van der Waals surface area contributed by atoms with Gasteiger partial charge in [-0.05, 0) is 13.5 Å². The predicted molar refractivity (Wildman–Crippen MR) is 52.8 cm³/mol. The van der Waals surface area contributed by atoms with Gasteiger partial charge in [0.1, 0.15) is 5.82 Å². The van der Waals surface area contributed by atoms with Gasteiger partial charge in [0.25, 0.3) is 5.89 Å². The molecule has 2 aromatic rings. The van der Waals surface area contributed by atoms with Crippen LogP contribution in [-0.2, 0) is 6.42 Å². The third kappa shape index (κ3) is 2.16. The topological polar surface area (TPSA) is 90.7 Å². The molecule has 15 heavy (non-hydrogen) atoms. The summed E-state index contributed by atoms with van der Waals surface area (Å²) in [4.78, 5) is 12.3. The Morgan fingerprint density at radius 1 is 1.33 bits per heavy atom. The van der Waals surface area contributed by atoms with E-state index < -0.39 is 0 Å². The van der Waals surface area contributed by atoms with E-state index in [-0.39, 0.29) is 0 Å². The standard InChI is InChI=1S/C9H11N5O/c1-6-11-4-7(5-12-6)9-13-8(2-3-10)14-15-9/h4-5H,2-3,10H2,1H3. The molecule has 0 aliphatic rings.